The molecule has 5 fully saturated rings. The van der Waals surface area contributed by atoms with E-state index >= 15 is 0 Å². The van der Waals surface area contributed by atoms with Crippen LogP contribution in [0.3, 0.4) is 0 Å². The number of hydrogen-bond acceptors (Lipinski definition) is 13. The Morgan fingerprint density at radius 1 is 0.957 bits per heavy atom. The molecule has 2 heterocycles. The molecule has 6 rings (SSSR count). The Morgan fingerprint density at radius 3 is 2.15 bits per heavy atom. The summed E-state index contributed by atoms with van der Waals surface area (Å²) in [4.78, 5) is 64.6. The Balaban J connectivity index is 1.64. The number of methoxy groups -OCH3 is 1. The second-order valence-electron chi connectivity index (χ2n) is 14.6. The number of aliphatic hydroxyl groups is 2. The summed E-state index contributed by atoms with van der Waals surface area (Å²) in [6.07, 6.45) is -2.21. The lowest BCUT2D eigenvalue weighted by molar-refractivity contribution is -0.365. The Morgan fingerprint density at radius 2 is 1.59 bits per heavy atom. The summed E-state index contributed by atoms with van der Waals surface area (Å²) >= 11 is 0. The third kappa shape index (κ3) is 3.96. The number of fused-ring (bicyclic) bond motifs is 5. The molecule has 13 atom stereocenters. The van der Waals surface area contributed by atoms with Gasteiger partial charge >= 0.3 is 29.8 Å². The predicted molar refractivity (Wildman–Crippen MR) is 153 cm³/mol. The van der Waals surface area contributed by atoms with E-state index in [0.717, 1.165) is 0 Å². The highest BCUT2D eigenvalue weighted by Gasteiger charge is 2.89. The number of hydrogen-bond donors (Lipinski definition) is 2. The fraction of sp³-hybridized carbons (Fsp3) is 0.727. The Kier molecular flexibility index (Phi) is 7.26. The average molecular weight is 647 g/mol. The van der Waals surface area contributed by atoms with Gasteiger partial charge in [-0.1, -0.05) is 20.8 Å². The van der Waals surface area contributed by atoms with Crippen LogP contribution < -0.4 is 0 Å². The van der Waals surface area contributed by atoms with E-state index in [-0.39, 0.29) is 25.7 Å². The van der Waals surface area contributed by atoms with Gasteiger partial charge in [0.15, 0.2) is 0 Å². The quantitative estimate of drug-likeness (QED) is 0.339. The van der Waals surface area contributed by atoms with Crippen LogP contribution in [-0.2, 0) is 47.7 Å². The SMILES string of the molecule is COC(=O)C[C@H]1[C@@]2(C)C[C@]3(O)[C@H]([C@H]2OC(C)=O)[C@@H](OC(C)=O)[C@]2(O)[C@@H]4CC(=O)O[C@@H](c5ccoc5)[C@]4(C)[C@@H](OC(C)=O)C[C@@H]2[C@]13C. The number of esters is 5. The topological polar surface area (TPSA) is 185 Å². The first kappa shape index (κ1) is 32.5. The smallest absolute Gasteiger partial charge is 0.306 e. The molecule has 1 aliphatic heterocycles. The lowest BCUT2D eigenvalue weighted by Gasteiger charge is -2.72. The van der Waals surface area contributed by atoms with Crippen LogP contribution in [0.5, 0.6) is 0 Å². The van der Waals surface area contributed by atoms with Gasteiger partial charge in [-0.2, -0.15) is 0 Å². The van der Waals surface area contributed by atoms with Crippen LogP contribution in [0.4, 0.5) is 0 Å². The zero-order valence-electron chi connectivity index (χ0n) is 27.1. The van der Waals surface area contributed by atoms with Crippen molar-refractivity contribution in [3.05, 3.63) is 24.2 Å². The number of furan rings is 1. The summed E-state index contributed by atoms with van der Waals surface area (Å²) in [5.41, 5.74) is -6.95. The Labute approximate surface area is 266 Å². The fourth-order valence-corrected chi connectivity index (χ4v) is 11.2. The van der Waals surface area contributed by atoms with Crippen LogP contribution in [0, 0.1) is 39.9 Å². The van der Waals surface area contributed by atoms with E-state index in [9.17, 15) is 34.2 Å². The molecule has 5 aliphatic rings. The van der Waals surface area contributed by atoms with Crippen molar-refractivity contribution >= 4 is 29.8 Å². The van der Waals surface area contributed by atoms with E-state index in [1.165, 1.54) is 40.4 Å². The van der Waals surface area contributed by atoms with Gasteiger partial charge < -0.3 is 38.3 Å². The van der Waals surface area contributed by atoms with E-state index in [1.54, 1.807) is 19.9 Å². The summed E-state index contributed by atoms with van der Waals surface area (Å²) in [6, 6.07) is 1.62. The van der Waals surface area contributed by atoms with Crippen molar-refractivity contribution in [2.75, 3.05) is 7.11 Å². The fourth-order valence-electron chi connectivity index (χ4n) is 11.2. The summed E-state index contributed by atoms with van der Waals surface area (Å²) < 4.78 is 34.3. The first-order chi connectivity index (χ1) is 21.4. The van der Waals surface area contributed by atoms with E-state index in [4.69, 9.17) is 28.1 Å². The molecule has 0 unspecified atom stereocenters. The lowest BCUT2D eigenvalue weighted by atomic mass is 9.36. The first-order valence-corrected chi connectivity index (χ1v) is 15.6. The molecule has 1 aromatic heterocycles. The van der Waals surface area contributed by atoms with Gasteiger partial charge in [-0.15, -0.1) is 0 Å². The number of carbonyl (C=O) groups is 5. The highest BCUT2D eigenvalue weighted by Crippen LogP contribution is 2.81. The minimum absolute atomic E-state index is 0.0374. The van der Waals surface area contributed by atoms with Crippen LogP contribution in [0.1, 0.15) is 78.9 Å². The molecule has 252 valence electrons. The maximum absolute atomic E-state index is 13.5. The molecule has 0 amide bonds. The minimum atomic E-state index is -2.07. The van der Waals surface area contributed by atoms with E-state index in [1.807, 2.05) is 6.92 Å². The van der Waals surface area contributed by atoms with Crippen molar-refractivity contribution < 1.29 is 62.3 Å². The zero-order chi connectivity index (χ0) is 33.8. The van der Waals surface area contributed by atoms with Gasteiger partial charge in [-0.3, -0.25) is 24.0 Å². The van der Waals surface area contributed by atoms with E-state index < -0.39 is 105 Å². The van der Waals surface area contributed by atoms with Crippen LogP contribution >= 0.6 is 0 Å². The molecule has 2 N–H and O–H groups in total. The van der Waals surface area contributed by atoms with Crippen molar-refractivity contribution in [2.24, 2.45) is 39.9 Å². The molecule has 4 aliphatic carbocycles. The summed E-state index contributed by atoms with van der Waals surface area (Å²) in [5.74, 6) is -7.12. The molecule has 13 heteroatoms. The molecule has 4 saturated carbocycles. The minimum Gasteiger partial charge on any atom is -0.472 e. The van der Waals surface area contributed by atoms with Gasteiger partial charge in [0.05, 0.1) is 43.0 Å². The third-order valence-corrected chi connectivity index (χ3v) is 12.7. The molecule has 1 aromatic rings. The van der Waals surface area contributed by atoms with Crippen molar-refractivity contribution in [1.82, 2.24) is 0 Å². The average Bonchev–Trinajstić information content (AvgIpc) is 3.61. The standard InChI is InChI=1S/C33H42O13/c1-15(34)43-22-10-21-31(6)19(11-23(37)41-7)29(4)14-32(31,39)25(27(29)44-16(2)35)28(45-17(3)36)33(21,40)20-12-24(38)46-26(30(20,22)5)18-8-9-42-13-18/h8-9,13,19-22,25-28,39-40H,10-12,14H2,1-7H3/t19-,20+,21+,22-,25+,26-,27+,28+,29+,30-,31-,32-,33-/m0/s1. The number of rotatable bonds is 6. The van der Waals surface area contributed by atoms with Gasteiger partial charge in [0.25, 0.3) is 0 Å². The summed E-state index contributed by atoms with van der Waals surface area (Å²) in [5, 5.41) is 26.4. The molecular weight excluding hydrogens is 604 g/mol. The normalized spacial score (nSPS) is 46.8. The first-order valence-electron chi connectivity index (χ1n) is 15.6. The van der Waals surface area contributed by atoms with Crippen LogP contribution in [0.2, 0.25) is 0 Å². The number of carbonyl (C=O) groups excluding carboxylic acids is 5. The molecule has 2 bridgehead atoms. The maximum Gasteiger partial charge on any atom is 0.306 e. The summed E-state index contributed by atoms with van der Waals surface area (Å²) in [7, 11) is 1.25. The molecule has 0 aromatic carbocycles. The predicted octanol–water partition coefficient (Wildman–Crippen LogP) is 2.41. The Hall–Kier alpha value is -3.45. The maximum atomic E-state index is 13.5. The van der Waals surface area contributed by atoms with Gasteiger partial charge in [-0.05, 0) is 24.8 Å². The van der Waals surface area contributed by atoms with Gasteiger partial charge in [0.1, 0.15) is 30.0 Å². The molecule has 0 radical (unpaired) electrons. The van der Waals surface area contributed by atoms with Crippen molar-refractivity contribution in [1.29, 1.82) is 0 Å². The summed E-state index contributed by atoms with van der Waals surface area (Å²) in [6.45, 7) is 9.03. The van der Waals surface area contributed by atoms with E-state index in [2.05, 4.69) is 0 Å². The second-order valence-corrected chi connectivity index (χ2v) is 14.6. The Bertz CT molecular complexity index is 1470. The van der Waals surface area contributed by atoms with Crippen molar-refractivity contribution in [2.45, 2.75) is 103 Å². The van der Waals surface area contributed by atoms with Crippen molar-refractivity contribution in [3.8, 4) is 0 Å². The monoisotopic (exact) mass is 646 g/mol. The van der Waals surface area contributed by atoms with Crippen molar-refractivity contribution in [3.63, 3.8) is 0 Å². The molecule has 0 spiro atoms. The van der Waals surface area contributed by atoms with Gasteiger partial charge in [-0.25, -0.2) is 0 Å². The van der Waals surface area contributed by atoms with E-state index in [0.29, 0.717) is 5.56 Å². The van der Waals surface area contributed by atoms with Crippen LogP contribution in [0.15, 0.2) is 23.0 Å². The molecule has 13 nitrogen and oxygen atoms in total. The molecule has 1 saturated heterocycles. The van der Waals surface area contributed by atoms with Crippen LogP contribution in [-0.4, -0.2) is 76.7 Å². The second kappa shape index (κ2) is 10.3. The number of cyclic esters (lactones) is 1. The largest absolute Gasteiger partial charge is 0.472 e. The highest BCUT2D eigenvalue weighted by molar-refractivity contribution is 5.73. The van der Waals surface area contributed by atoms with Gasteiger partial charge in [0.2, 0.25) is 0 Å². The lowest BCUT2D eigenvalue weighted by Crippen LogP contribution is -2.82. The molecule has 46 heavy (non-hydrogen) atoms. The molecular formula is C33H42O13. The number of ether oxygens (including phenoxy) is 5. The zero-order valence-corrected chi connectivity index (χ0v) is 27.1. The third-order valence-electron chi connectivity index (χ3n) is 12.7. The van der Waals surface area contributed by atoms with Crippen LogP contribution in [0.25, 0.3) is 0 Å². The highest BCUT2D eigenvalue weighted by atomic mass is 16.6. The van der Waals surface area contributed by atoms with Gasteiger partial charge in [0, 0.05) is 55.4 Å².